The number of rotatable bonds is 11. The quantitative estimate of drug-likeness (QED) is 0.253. The van der Waals surface area contributed by atoms with E-state index >= 15 is 0 Å². The lowest BCUT2D eigenvalue weighted by Gasteiger charge is -2.23. The number of azo groups is 1. The van der Waals surface area contributed by atoms with Crippen molar-refractivity contribution in [2.45, 2.75) is 65.7 Å². The van der Waals surface area contributed by atoms with Crippen molar-refractivity contribution in [2.75, 3.05) is 18.8 Å². The van der Waals surface area contributed by atoms with E-state index in [-0.39, 0.29) is 11.7 Å². The molecule has 1 amide bonds. The summed E-state index contributed by atoms with van der Waals surface area (Å²) in [7, 11) is 0. The van der Waals surface area contributed by atoms with E-state index in [1.54, 1.807) is 23.7 Å². The predicted molar refractivity (Wildman–Crippen MR) is 142 cm³/mol. The number of nitrogens with two attached hydrogens (primary N) is 1. The Bertz CT molecular complexity index is 1200. The third kappa shape index (κ3) is 6.39. The second kappa shape index (κ2) is 12.0. The van der Waals surface area contributed by atoms with Crippen LogP contribution in [-0.4, -0.2) is 50.2 Å². The molecule has 0 spiro atoms. The number of aldehydes is 1. The first-order chi connectivity index (χ1) is 17.2. The zero-order valence-corrected chi connectivity index (χ0v) is 22.4. The van der Waals surface area contributed by atoms with Gasteiger partial charge in [-0.2, -0.15) is 5.10 Å². The van der Waals surface area contributed by atoms with Crippen LogP contribution < -0.4 is 5.73 Å². The Balaban J connectivity index is 2.09. The molecule has 0 aliphatic rings. The summed E-state index contributed by atoms with van der Waals surface area (Å²) in [6, 6.07) is 5.00. The molecule has 0 saturated carbocycles. The maximum absolute atomic E-state index is 13.5. The number of nitrogen functional groups attached to an aromatic ring is 1. The molecule has 0 atom stereocenters. The van der Waals surface area contributed by atoms with E-state index in [1.165, 1.54) is 16.0 Å². The molecule has 192 valence electrons. The summed E-state index contributed by atoms with van der Waals surface area (Å²) >= 11 is 1.26. The van der Waals surface area contributed by atoms with Crippen LogP contribution in [0.5, 0.6) is 0 Å². The van der Waals surface area contributed by atoms with Gasteiger partial charge in [0.25, 0.3) is 11.0 Å². The van der Waals surface area contributed by atoms with Crippen LogP contribution in [0, 0.1) is 0 Å². The maximum atomic E-state index is 13.5. The highest BCUT2D eigenvalue weighted by molar-refractivity contribution is 7.13. The van der Waals surface area contributed by atoms with Gasteiger partial charge >= 0.3 is 0 Å². The molecule has 0 fully saturated rings. The molecular formula is C25H34N8O2S. The average Bonchev–Trinajstić information content (AvgIpc) is 3.49. The molecule has 3 rings (SSSR count). The fourth-order valence-corrected chi connectivity index (χ4v) is 4.04. The predicted octanol–water partition coefficient (Wildman–Crippen LogP) is 5.87. The van der Waals surface area contributed by atoms with Gasteiger partial charge in [0.05, 0.1) is 11.4 Å². The molecule has 1 aromatic carbocycles. The van der Waals surface area contributed by atoms with Gasteiger partial charge in [0.2, 0.25) is 0 Å². The van der Waals surface area contributed by atoms with Crippen LogP contribution in [0.2, 0.25) is 0 Å². The molecular weight excluding hydrogens is 476 g/mol. The van der Waals surface area contributed by atoms with Gasteiger partial charge in [-0.15, -0.1) is 20.4 Å². The number of hydrogen-bond acceptors (Lipinski definition) is 9. The molecule has 0 aliphatic heterocycles. The van der Waals surface area contributed by atoms with E-state index in [9.17, 15) is 9.59 Å². The number of carbonyl (C=O) groups is 2. The molecule has 0 saturated heterocycles. The van der Waals surface area contributed by atoms with Crippen molar-refractivity contribution in [2.24, 2.45) is 10.2 Å². The van der Waals surface area contributed by atoms with Crippen molar-refractivity contribution in [3.8, 4) is 5.69 Å². The molecule has 36 heavy (non-hydrogen) atoms. The number of unbranched alkanes of at least 4 members (excludes halogenated alkanes) is 2. The van der Waals surface area contributed by atoms with Crippen LogP contribution in [-0.2, 0) is 5.41 Å². The summed E-state index contributed by atoms with van der Waals surface area (Å²) in [4.78, 5) is 27.1. The second-order valence-electron chi connectivity index (χ2n) is 9.60. The SMILES string of the molecule is CCCCN(CCCC)C(=O)c1cc(C=O)cc(-n2nc(C(C)(C)C)c(N=Nc3nncs3)c2N)c1. The third-order valence-corrected chi connectivity index (χ3v) is 6.18. The lowest BCUT2D eigenvalue weighted by molar-refractivity contribution is 0.0751. The fraction of sp³-hybridized carbons (Fsp3) is 0.480. The zero-order chi connectivity index (χ0) is 26.3. The van der Waals surface area contributed by atoms with Crippen molar-refractivity contribution in [1.29, 1.82) is 0 Å². The van der Waals surface area contributed by atoms with Gasteiger partial charge in [-0.1, -0.05) is 58.8 Å². The zero-order valence-electron chi connectivity index (χ0n) is 21.6. The lowest BCUT2D eigenvalue weighted by atomic mass is 9.91. The third-order valence-electron chi connectivity index (χ3n) is 5.61. The minimum Gasteiger partial charge on any atom is -0.382 e. The van der Waals surface area contributed by atoms with E-state index < -0.39 is 5.41 Å². The molecule has 2 aromatic heterocycles. The van der Waals surface area contributed by atoms with E-state index in [1.807, 2.05) is 25.7 Å². The smallest absolute Gasteiger partial charge is 0.253 e. The Morgan fingerprint density at radius 1 is 1.14 bits per heavy atom. The minimum atomic E-state index is -0.396. The van der Waals surface area contributed by atoms with Crippen LogP contribution in [0.4, 0.5) is 16.6 Å². The second-order valence-corrected chi connectivity index (χ2v) is 10.4. The summed E-state index contributed by atoms with van der Waals surface area (Å²) in [5.41, 5.74) is 10.0. The van der Waals surface area contributed by atoms with Crippen molar-refractivity contribution in [3.05, 3.63) is 40.5 Å². The summed E-state index contributed by atoms with van der Waals surface area (Å²) < 4.78 is 1.52. The monoisotopic (exact) mass is 510 g/mol. The van der Waals surface area contributed by atoms with Gasteiger partial charge in [0, 0.05) is 29.6 Å². The minimum absolute atomic E-state index is 0.111. The van der Waals surface area contributed by atoms with Crippen molar-refractivity contribution < 1.29 is 9.59 Å². The highest BCUT2D eigenvalue weighted by atomic mass is 32.1. The number of aromatic nitrogens is 4. The van der Waals surface area contributed by atoms with Crippen molar-refractivity contribution >= 4 is 40.2 Å². The molecule has 0 bridgehead atoms. The molecule has 11 heteroatoms. The number of hydrogen-bond donors (Lipinski definition) is 1. The molecule has 0 radical (unpaired) electrons. The first-order valence-corrected chi connectivity index (χ1v) is 13.0. The molecule has 2 N–H and O–H groups in total. The van der Waals surface area contributed by atoms with Crippen LogP contribution in [0.1, 0.15) is 86.7 Å². The van der Waals surface area contributed by atoms with E-state index in [0.717, 1.165) is 32.0 Å². The average molecular weight is 511 g/mol. The van der Waals surface area contributed by atoms with Crippen LogP contribution in [0.3, 0.4) is 0 Å². The van der Waals surface area contributed by atoms with Crippen LogP contribution in [0.25, 0.3) is 5.69 Å². The molecule has 0 unspecified atom stereocenters. The van der Waals surface area contributed by atoms with Gasteiger partial charge in [0.15, 0.2) is 11.5 Å². The van der Waals surface area contributed by atoms with E-state index in [2.05, 4.69) is 34.3 Å². The van der Waals surface area contributed by atoms with Crippen molar-refractivity contribution in [3.63, 3.8) is 0 Å². The molecule has 2 heterocycles. The molecule has 0 aliphatic carbocycles. The highest BCUT2D eigenvalue weighted by Crippen LogP contribution is 2.38. The van der Waals surface area contributed by atoms with Gasteiger partial charge in [-0.25, -0.2) is 4.68 Å². The van der Waals surface area contributed by atoms with E-state index in [4.69, 9.17) is 10.8 Å². The Kier molecular flexibility index (Phi) is 9.03. The number of anilines is 1. The van der Waals surface area contributed by atoms with Gasteiger partial charge in [0.1, 0.15) is 11.8 Å². The Morgan fingerprint density at radius 3 is 2.39 bits per heavy atom. The first-order valence-electron chi connectivity index (χ1n) is 12.2. The fourth-order valence-electron chi connectivity index (χ4n) is 3.67. The van der Waals surface area contributed by atoms with Crippen LogP contribution in [0.15, 0.2) is 33.9 Å². The highest BCUT2D eigenvalue weighted by Gasteiger charge is 2.27. The largest absolute Gasteiger partial charge is 0.382 e. The van der Waals surface area contributed by atoms with E-state index in [0.29, 0.717) is 46.4 Å². The Morgan fingerprint density at radius 2 is 1.83 bits per heavy atom. The van der Waals surface area contributed by atoms with Gasteiger partial charge < -0.3 is 10.6 Å². The van der Waals surface area contributed by atoms with Crippen LogP contribution >= 0.6 is 11.3 Å². The van der Waals surface area contributed by atoms with Gasteiger partial charge in [-0.05, 0) is 31.0 Å². The number of carbonyl (C=O) groups excluding carboxylic acids is 2. The topological polar surface area (TPSA) is 132 Å². The standard InChI is InChI=1S/C25H34N8O2S/c1-6-8-10-32(11-9-7-2)23(35)18-12-17(15-34)13-19(14-18)33-22(26)20(21(31-33)25(3,4)5)28-30-24-29-27-16-36-24/h12-16H,6-11,26H2,1-5H3. The Labute approximate surface area is 215 Å². The van der Waals surface area contributed by atoms with Crippen molar-refractivity contribution in [1.82, 2.24) is 24.9 Å². The summed E-state index contributed by atoms with van der Waals surface area (Å²) in [6.45, 7) is 11.5. The molecule has 3 aromatic rings. The molecule has 10 nitrogen and oxygen atoms in total. The number of benzene rings is 1. The lowest BCUT2D eigenvalue weighted by Crippen LogP contribution is -2.33. The summed E-state index contributed by atoms with van der Waals surface area (Å²) in [6.07, 6.45) is 4.54. The number of nitrogens with zero attached hydrogens (tertiary/aromatic N) is 7. The summed E-state index contributed by atoms with van der Waals surface area (Å²) in [5, 5.41) is 21.3. The summed E-state index contributed by atoms with van der Waals surface area (Å²) in [5.74, 6) is 0.142. The van der Waals surface area contributed by atoms with Gasteiger partial charge in [-0.3, -0.25) is 9.59 Å². The number of amides is 1. The maximum Gasteiger partial charge on any atom is 0.253 e. The first kappa shape index (κ1) is 27.1. The normalized spacial score (nSPS) is 11.8. The Hall–Kier alpha value is -3.47.